The molecule has 2 aromatic rings. The van der Waals surface area contributed by atoms with Crippen LogP contribution in [0.15, 0.2) is 54.5 Å². The van der Waals surface area contributed by atoms with Gasteiger partial charge in [-0.05, 0) is 30.4 Å². The summed E-state index contributed by atoms with van der Waals surface area (Å²) >= 11 is 0. The van der Waals surface area contributed by atoms with Crippen LogP contribution in [0.4, 0.5) is 0 Å². The van der Waals surface area contributed by atoms with Crippen LogP contribution in [-0.4, -0.2) is 12.4 Å². The van der Waals surface area contributed by atoms with Crippen molar-refractivity contribution < 1.29 is 19.0 Å². The highest BCUT2D eigenvalue weighted by Gasteiger charge is 2.40. The second-order valence-electron chi connectivity index (χ2n) is 5.64. The van der Waals surface area contributed by atoms with Gasteiger partial charge in [-0.2, -0.15) is 0 Å². The lowest BCUT2D eigenvalue weighted by Gasteiger charge is -2.31. The van der Waals surface area contributed by atoms with Gasteiger partial charge in [0.2, 0.25) is 0 Å². The van der Waals surface area contributed by atoms with Gasteiger partial charge in [-0.3, -0.25) is 4.79 Å². The average molecular weight is 304 g/mol. The van der Waals surface area contributed by atoms with E-state index >= 15 is 0 Å². The zero-order valence-electron chi connectivity index (χ0n) is 12.1. The molecular formula is C19H12O4. The molecule has 3 heterocycles. The van der Waals surface area contributed by atoms with Crippen LogP contribution < -0.4 is 14.2 Å². The Bertz CT molecular complexity index is 908. The zero-order valence-corrected chi connectivity index (χ0v) is 12.1. The molecule has 0 bridgehead atoms. The Kier molecular flexibility index (Phi) is 2.45. The number of hydrogen-bond donors (Lipinski definition) is 0. The number of ether oxygens (including phenoxy) is 3. The van der Waals surface area contributed by atoms with Crippen molar-refractivity contribution in [1.29, 1.82) is 0 Å². The summed E-state index contributed by atoms with van der Waals surface area (Å²) in [6.07, 6.45) is 5.37. The van der Waals surface area contributed by atoms with Crippen molar-refractivity contribution in [1.82, 2.24) is 0 Å². The first-order valence-electron chi connectivity index (χ1n) is 7.47. The minimum Gasteiger partial charge on any atom is -0.489 e. The lowest BCUT2D eigenvalue weighted by Crippen LogP contribution is -2.28. The van der Waals surface area contributed by atoms with Gasteiger partial charge in [0.25, 0.3) is 0 Å². The van der Waals surface area contributed by atoms with E-state index in [0.29, 0.717) is 29.4 Å². The van der Waals surface area contributed by atoms with Crippen molar-refractivity contribution in [3.8, 4) is 17.2 Å². The molecule has 0 aliphatic carbocycles. The Balaban J connectivity index is 1.71. The van der Waals surface area contributed by atoms with Crippen LogP contribution in [0.3, 0.4) is 0 Å². The van der Waals surface area contributed by atoms with E-state index in [1.165, 1.54) is 6.26 Å². The van der Waals surface area contributed by atoms with Crippen molar-refractivity contribution in [3.63, 3.8) is 0 Å². The van der Waals surface area contributed by atoms with Gasteiger partial charge in [0.05, 0.1) is 11.1 Å². The number of Topliss-reactive ketones (excluding diaryl/α,β-unsaturated/α-hetero) is 1. The number of ketones is 1. The van der Waals surface area contributed by atoms with E-state index in [9.17, 15) is 4.79 Å². The minimum absolute atomic E-state index is 0.0232. The normalized spacial score (nSPS) is 19.9. The Hall–Kier alpha value is -3.01. The van der Waals surface area contributed by atoms with Gasteiger partial charge in [-0.25, -0.2) is 0 Å². The number of allylic oxidation sites excluding steroid dienone is 1. The molecule has 0 saturated heterocycles. The van der Waals surface area contributed by atoms with E-state index in [2.05, 4.69) is 0 Å². The highest BCUT2D eigenvalue weighted by atomic mass is 16.5. The summed E-state index contributed by atoms with van der Waals surface area (Å²) in [4.78, 5) is 13.1. The van der Waals surface area contributed by atoms with Crippen LogP contribution >= 0.6 is 0 Å². The van der Waals surface area contributed by atoms with Gasteiger partial charge in [0.1, 0.15) is 36.0 Å². The average Bonchev–Trinajstić information content (AvgIpc) is 2.61. The first-order chi connectivity index (χ1) is 11.3. The van der Waals surface area contributed by atoms with E-state index in [4.69, 9.17) is 14.2 Å². The fourth-order valence-electron chi connectivity index (χ4n) is 3.27. The van der Waals surface area contributed by atoms with Crippen LogP contribution in [0.2, 0.25) is 0 Å². The third-order valence-electron chi connectivity index (χ3n) is 4.34. The van der Waals surface area contributed by atoms with Crippen LogP contribution in [0.5, 0.6) is 17.2 Å². The molecule has 1 unspecified atom stereocenters. The van der Waals surface area contributed by atoms with Crippen molar-refractivity contribution in [3.05, 3.63) is 71.2 Å². The zero-order chi connectivity index (χ0) is 15.4. The van der Waals surface area contributed by atoms with Gasteiger partial charge in [-0.1, -0.05) is 18.2 Å². The predicted octanol–water partition coefficient (Wildman–Crippen LogP) is 3.68. The first kappa shape index (κ1) is 12.5. The number of hydrogen-bond acceptors (Lipinski definition) is 4. The molecular weight excluding hydrogens is 292 g/mol. The van der Waals surface area contributed by atoms with Crippen molar-refractivity contribution in [2.45, 2.75) is 5.92 Å². The Morgan fingerprint density at radius 2 is 1.96 bits per heavy atom. The lowest BCUT2D eigenvalue weighted by molar-refractivity contribution is 0.0927. The molecule has 0 N–H and O–H groups in total. The molecule has 0 amide bonds. The topological polar surface area (TPSA) is 44.8 Å². The molecule has 0 saturated carbocycles. The molecule has 3 aliphatic heterocycles. The highest BCUT2D eigenvalue weighted by molar-refractivity contribution is 6.07. The van der Waals surface area contributed by atoms with E-state index < -0.39 is 5.92 Å². The Labute approximate surface area is 132 Å². The van der Waals surface area contributed by atoms with Gasteiger partial charge >= 0.3 is 0 Å². The summed E-state index contributed by atoms with van der Waals surface area (Å²) in [6, 6.07) is 11.2. The summed E-state index contributed by atoms with van der Waals surface area (Å²) < 4.78 is 17.2. The molecule has 3 aliphatic rings. The molecule has 2 aromatic carbocycles. The maximum atomic E-state index is 13.1. The minimum atomic E-state index is -0.445. The third-order valence-corrected chi connectivity index (χ3v) is 4.34. The summed E-state index contributed by atoms with van der Waals surface area (Å²) in [5.41, 5.74) is 2.23. The molecule has 4 nitrogen and oxygen atoms in total. The summed E-state index contributed by atoms with van der Waals surface area (Å²) in [6.45, 7) is 0.529. The fraction of sp³-hybridized carbons (Fsp3) is 0.105. The Morgan fingerprint density at radius 3 is 2.91 bits per heavy atom. The monoisotopic (exact) mass is 304 g/mol. The standard InChI is InChI=1S/C19H12O4/c20-18-13-7-8-15-12(5-3-9-21-15)19(13)23-16-10-22-14-6-2-1-4-11(14)17(16)18/h1-8,10,17H,9H2. The van der Waals surface area contributed by atoms with Crippen molar-refractivity contribution >= 4 is 11.9 Å². The van der Waals surface area contributed by atoms with E-state index in [1.54, 1.807) is 6.07 Å². The van der Waals surface area contributed by atoms with Crippen molar-refractivity contribution in [2.24, 2.45) is 0 Å². The molecule has 0 spiro atoms. The summed E-state index contributed by atoms with van der Waals surface area (Å²) in [5.74, 6) is 2.08. The number of benzene rings is 2. The molecule has 1 atom stereocenters. The molecule has 5 rings (SSSR count). The third kappa shape index (κ3) is 1.69. The van der Waals surface area contributed by atoms with Crippen LogP contribution in [0, 0.1) is 0 Å². The molecule has 112 valence electrons. The summed E-state index contributed by atoms with van der Waals surface area (Å²) in [5, 5.41) is 0. The second kappa shape index (κ2) is 4.49. The highest BCUT2D eigenvalue weighted by Crippen LogP contribution is 2.47. The predicted molar refractivity (Wildman–Crippen MR) is 83.8 cm³/mol. The van der Waals surface area contributed by atoms with Gasteiger partial charge in [0.15, 0.2) is 11.5 Å². The smallest absolute Gasteiger partial charge is 0.181 e. The molecule has 0 fully saturated rings. The van der Waals surface area contributed by atoms with E-state index in [-0.39, 0.29) is 5.78 Å². The maximum Gasteiger partial charge on any atom is 0.181 e. The van der Waals surface area contributed by atoms with Gasteiger partial charge in [0, 0.05) is 5.56 Å². The number of carbonyl (C=O) groups excluding carboxylic acids is 1. The largest absolute Gasteiger partial charge is 0.489 e. The van der Waals surface area contributed by atoms with E-state index in [0.717, 1.165) is 16.9 Å². The number of fused-ring (bicyclic) bond motifs is 6. The Morgan fingerprint density at radius 1 is 1.04 bits per heavy atom. The SMILES string of the molecule is O=C1c2ccc3c(c2OC2=COc4ccccc4C12)C=CCO3. The molecule has 23 heavy (non-hydrogen) atoms. The maximum absolute atomic E-state index is 13.1. The van der Waals surface area contributed by atoms with Crippen molar-refractivity contribution in [2.75, 3.05) is 6.61 Å². The van der Waals surface area contributed by atoms with Crippen LogP contribution in [-0.2, 0) is 0 Å². The lowest BCUT2D eigenvalue weighted by atomic mass is 9.84. The summed E-state index contributed by atoms with van der Waals surface area (Å²) in [7, 11) is 0. The number of carbonyl (C=O) groups is 1. The van der Waals surface area contributed by atoms with E-state index in [1.807, 2.05) is 42.5 Å². The van der Waals surface area contributed by atoms with Crippen LogP contribution in [0.25, 0.3) is 6.08 Å². The van der Waals surface area contributed by atoms with Gasteiger partial charge < -0.3 is 14.2 Å². The molecule has 0 radical (unpaired) electrons. The molecule has 4 heteroatoms. The van der Waals surface area contributed by atoms with Gasteiger partial charge in [-0.15, -0.1) is 0 Å². The van der Waals surface area contributed by atoms with Crippen LogP contribution in [0.1, 0.15) is 27.4 Å². The quantitative estimate of drug-likeness (QED) is 0.744. The second-order valence-corrected chi connectivity index (χ2v) is 5.64. The fourth-order valence-corrected chi connectivity index (χ4v) is 3.27. The number of para-hydroxylation sites is 1. The first-order valence-corrected chi connectivity index (χ1v) is 7.47. The number of rotatable bonds is 0. The molecule has 0 aromatic heterocycles.